The molecule has 1 amide bonds. The van der Waals surface area contributed by atoms with Crippen LogP contribution in [0.5, 0.6) is 0 Å². The number of amides is 1. The number of ether oxygens (including phenoxy) is 1. The molecule has 8 heteroatoms. The summed E-state index contributed by atoms with van der Waals surface area (Å²) in [5.74, 6) is -4.23. The van der Waals surface area contributed by atoms with Crippen LogP contribution in [0.2, 0.25) is 0 Å². The highest BCUT2D eigenvalue weighted by atomic mass is 32.2. The predicted molar refractivity (Wildman–Crippen MR) is 102 cm³/mol. The van der Waals surface area contributed by atoms with Crippen molar-refractivity contribution >= 4 is 26.8 Å². The van der Waals surface area contributed by atoms with E-state index in [1.165, 1.54) is 12.5 Å². The maximum Gasteiger partial charge on any atom is 0.408 e. The first-order valence-corrected chi connectivity index (χ1v) is 11.2. The Labute approximate surface area is 158 Å². The third-order valence-electron chi connectivity index (χ3n) is 4.34. The van der Waals surface area contributed by atoms with E-state index in [1.54, 1.807) is 24.3 Å². The van der Waals surface area contributed by atoms with Gasteiger partial charge < -0.3 is 10.1 Å². The lowest BCUT2D eigenvalue weighted by Gasteiger charge is -2.33. The van der Waals surface area contributed by atoms with Crippen molar-refractivity contribution in [1.29, 1.82) is 0 Å². The average molecular weight is 401 g/mol. The number of nitrogens with one attached hydrogen (secondary N) is 1. The number of Topliss-reactive ketones (excluding diaryl/α,β-unsaturated/α-hetero) is 1. The van der Waals surface area contributed by atoms with Crippen LogP contribution in [0, 0.1) is 5.92 Å². The van der Waals surface area contributed by atoms with Crippen molar-refractivity contribution in [3.8, 4) is 0 Å². The number of hydrogen-bond acceptors (Lipinski definition) is 4. The molecular weight excluding hydrogens is 376 g/mol. The number of alkyl carbamates (subject to hydrolysis) is 1. The second kappa shape index (κ2) is 8.82. The zero-order valence-electron chi connectivity index (χ0n) is 15.5. The van der Waals surface area contributed by atoms with Crippen molar-refractivity contribution < 1.29 is 27.3 Å². The van der Waals surface area contributed by atoms with Crippen LogP contribution in [0.4, 0.5) is 13.6 Å². The normalized spacial score (nSPS) is 20.4. The highest BCUT2D eigenvalue weighted by Gasteiger charge is 2.41. The maximum atomic E-state index is 13.8. The molecule has 5 nitrogen and oxygen atoms in total. The summed E-state index contributed by atoms with van der Waals surface area (Å²) in [6.45, 7) is -0.00355. The molecule has 0 bridgehead atoms. The van der Waals surface area contributed by atoms with Gasteiger partial charge in [0.1, 0.15) is 6.61 Å². The number of ketones is 1. The molecule has 2 atom stereocenters. The van der Waals surface area contributed by atoms with E-state index in [-0.39, 0.29) is 19.4 Å². The van der Waals surface area contributed by atoms with E-state index >= 15 is 0 Å². The smallest absolute Gasteiger partial charge is 0.408 e. The Morgan fingerprint density at radius 2 is 2.00 bits per heavy atom. The van der Waals surface area contributed by atoms with Crippen LogP contribution in [0.25, 0.3) is 0 Å². The second-order valence-corrected chi connectivity index (χ2v) is 10.1. The SMILES string of the molecule is CS(C)(=O)=CC(=O)[C@@H](NC(=O)OCc1ccccc1)C1CCCC(F)(F)C1. The molecule has 1 saturated carbocycles. The molecule has 0 aromatic heterocycles. The van der Waals surface area contributed by atoms with Gasteiger partial charge in [0.05, 0.1) is 6.04 Å². The quantitative estimate of drug-likeness (QED) is 0.744. The molecule has 0 radical (unpaired) electrons. The van der Waals surface area contributed by atoms with Gasteiger partial charge in [-0.2, -0.15) is 0 Å². The average Bonchev–Trinajstić information content (AvgIpc) is 2.56. The van der Waals surface area contributed by atoms with E-state index < -0.39 is 45.7 Å². The highest BCUT2D eigenvalue weighted by Crippen LogP contribution is 2.38. The predicted octanol–water partition coefficient (Wildman–Crippen LogP) is 3.02. The topological polar surface area (TPSA) is 72.5 Å². The van der Waals surface area contributed by atoms with Gasteiger partial charge in [0.2, 0.25) is 5.92 Å². The third kappa shape index (κ3) is 7.28. The lowest BCUT2D eigenvalue weighted by atomic mass is 9.80. The largest absolute Gasteiger partial charge is 0.445 e. The van der Waals surface area contributed by atoms with Crippen molar-refractivity contribution in [3.63, 3.8) is 0 Å². The van der Waals surface area contributed by atoms with Gasteiger partial charge in [0, 0.05) is 30.7 Å². The summed E-state index contributed by atoms with van der Waals surface area (Å²) in [7, 11) is -2.53. The Balaban J connectivity index is 2.10. The molecule has 1 aromatic rings. The molecule has 150 valence electrons. The van der Waals surface area contributed by atoms with Crippen LogP contribution in [0.3, 0.4) is 0 Å². The molecule has 27 heavy (non-hydrogen) atoms. The van der Waals surface area contributed by atoms with Gasteiger partial charge in [0.25, 0.3) is 0 Å². The molecule has 1 unspecified atom stereocenters. The molecule has 1 fully saturated rings. The third-order valence-corrected chi connectivity index (χ3v) is 5.14. The fourth-order valence-corrected chi connectivity index (χ4v) is 3.87. The first-order valence-electron chi connectivity index (χ1n) is 8.74. The molecule has 1 N–H and O–H groups in total. The maximum absolute atomic E-state index is 13.8. The van der Waals surface area contributed by atoms with Gasteiger partial charge >= 0.3 is 6.09 Å². The molecule has 2 rings (SSSR count). The summed E-state index contributed by atoms with van der Waals surface area (Å²) in [4.78, 5) is 24.7. The van der Waals surface area contributed by atoms with E-state index in [1.807, 2.05) is 6.07 Å². The Bertz CT molecular complexity index is 780. The van der Waals surface area contributed by atoms with Gasteiger partial charge in [-0.15, -0.1) is 0 Å². The number of alkyl halides is 2. The Kier molecular flexibility index (Phi) is 6.97. The van der Waals surface area contributed by atoms with E-state index in [4.69, 9.17) is 4.74 Å². The summed E-state index contributed by atoms with van der Waals surface area (Å²) in [5, 5.41) is 3.43. The number of carbonyl (C=O) groups is 2. The second-order valence-electron chi connectivity index (χ2n) is 7.23. The van der Waals surface area contributed by atoms with Crippen LogP contribution in [0.15, 0.2) is 30.3 Å². The number of rotatable bonds is 6. The first-order chi connectivity index (χ1) is 12.6. The Morgan fingerprint density at radius 1 is 1.33 bits per heavy atom. The first kappa shape index (κ1) is 21.3. The number of benzene rings is 1. The van der Waals surface area contributed by atoms with E-state index in [9.17, 15) is 22.6 Å². The van der Waals surface area contributed by atoms with Crippen molar-refractivity contribution in [1.82, 2.24) is 5.32 Å². The summed E-state index contributed by atoms with van der Waals surface area (Å²) in [6, 6.07) is 7.77. The monoisotopic (exact) mass is 401 g/mol. The summed E-state index contributed by atoms with van der Waals surface area (Å²) in [6.07, 6.45) is 1.81. The van der Waals surface area contributed by atoms with Crippen LogP contribution in [-0.4, -0.2) is 45.9 Å². The van der Waals surface area contributed by atoms with Gasteiger partial charge in [-0.3, -0.25) is 9.00 Å². The Hall–Kier alpha value is -1.96. The minimum absolute atomic E-state index is 0.00355. The number of carbonyl (C=O) groups excluding carboxylic acids is 2. The van der Waals surface area contributed by atoms with Crippen molar-refractivity contribution in [2.75, 3.05) is 12.5 Å². The van der Waals surface area contributed by atoms with Gasteiger partial charge in [-0.05, 0) is 33.8 Å². The molecule has 0 heterocycles. The summed E-state index contributed by atoms with van der Waals surface area (Å²) >= 11 is 0. The van der Waals surface area contributed by atoms with Gasteiger partial charge in [0.15, 0.2) is 5.78 Å². The fourth-order valence-electron chi connectivity index (χ4n) is 3.16. The van der Waals surface area contributed by atoms with Crippen molar-refractivity contribution in [3.05, 3.63) is 35.9 Å². The van der Waals surface area contributed by atoms with E-state index in [2.05, 4.69) is 5.32 Å². The van der Waals surface area contributed by atoms with E-state index in [0.717, 1.165) is 10.9 Å². The molecule has 0 aliphatic heterocycles. The summed E-state index contributed by atoms with van der Waals surface area (Å²) in [5.41, 5.74) is 0.761. The minimum atomic E-state index is -2.88. The van der Waals surface area contributed by atoms with Crippen molar-refractivity contribution in [2.24, 2.45) is 5.92 Å². The highest BCUT2D eigenvalue weighted by molar-refractivity contribution is 8.01. The Morgan fingerprint density at radius 3 is 2.59 bits per heavy atom. The molecule has 1 aromatic carbocycles. The molecular formula is C19H25F2NO4S. The molecule has 0 saturated heterocycles. The van der Waals surface area contributed by atoms with Crippen molar-refractivity contribution in [2.45, 2.75) is 44.3 Å². The minimum Gasteiger partial charge on any atom is -0.445 e. The lowest BCUT2D eigenvalue weighted by molar-refractivity contribution is -0.117. The van der Waals surface area contributed by atoms with Gasteiger partial charge in [-0.25, -0.2) is 13.6 Å². The zero-order chi connectivity index (χ0) is 20.1. The molecule has 1 aliphatic carbocycles. The zero-order valence-corrected chi connectivity index (χ0v) is 16.3. The fraction of sp³-hybridized carbons (Fsp3) is 0.526. The lowest BCUT2D eigenvalue weighted by Crippen LogP contribution is -2.49. The number of halogens is 2. The van der Waals surface area contributed by atoms with Crippen LogP contribution in [-0.2, 0) is 25.7 Å². The van der Waals surface area contributed by atoms with Crippen LogP contribution < -0.4 is 5.32 Å². The summed E-state index contributed by atoms with van der Waals surface area (Å²) < 4.78 is 44.6. The standard InChI is InChI=1S/C19H25F2NO4S/c1-27(2,25)13-16(23)17(15-9-6-10-19(20,21)11-15)22-18(24)26-12-14-7-4-3-5-8-14/h3-5,7-8,13,15,17H,6,9-12H2,1-2H3,(H,22,24)/t15?,17-/m0/s1. The van der Waals surface area contributed by atoms with Crippen LogP contribution in [0.1, 0.15) is 31.2 Å². The molecule has 1 aliphatic rings. The van der Waals surface area contributed by atoms with E-state index in [0.29, 0.717) is 6.42 Å². The van der Waals surface area contributed by atoms with Gasteiger partial charge in [-0.1, -0.05) is 30.3 Å². The molecule has 0 spiro atoms. The number of hydrogen-bond donors (Lipinski definition) is 1. The van der Waals surface area contributed by atoms with Crippen LogP contribution >= 0.6 is 0 Å².